The van der Waals surface area contributed by atoms with Crippen molar-refractivity contribution in [2.45, 2.75) is 33.3 Å². The molecule has 0 spiro atoms. The lowest BCUT2D eigenvalue weighted by molar-refractivity contribution is 0.00108. The van der Waals surface area contributed by atoms with Crippen molar-refractivity contribution in [2.75, 3.05) is 0 Å². The topological polar surface area (TPSA) is 74.9 Å². The Kier molecular flexibility index (Phi) is 4.54. The third-order valence-electron chi connectivity index (χ3n) is 2.95. The average Bonchev–Trinajstić information content (AvgIpc) is 2.45. The van der Waals surface area contributed by atoms with Gasteiger partial charge in [0.25, 0.3) is 0 Å². The molecule has 2 rings (SSSR count). The van der Waals surface area contributed by atoms with E-state index in [1.165, 1.54) is 18.3 Å². The van der Waals surface area contributed by atoms with Crippen molar-refractivity contribution in [3.05, 3.63) is 53.1 Å². The number of nitrogens with zero attached hydrogens (tertiary/aromatic N) is 2. The number of aromatic nitrogens is 1. The Labute approximate surface area is 134 Å². The number of phenolic OH excluding ortho intramolecular Hbond substituents is 1. The second-order valence-electron chi connectivity index (χ2n) is 6.13. The standard InChI is InChI=1S/C17H19FN2O3/c1-10-8-11(14(22)9-12(10)18)15(20-23-17(2,3)4)16-13(21)6-5-7-19-16/h5-9,21-22H,1-4H3/b20-15-. The van der Waals surface area contributed by atoms with Crippen molar-refractivity contribution in [3.8, 4) is 11.5 Å². The molecule has 0 unspecified atom stereocenters. The number of hydrogen-bond donors (Lipinski definition) is 2. The van der Waals surface area contributed by atoms with Crippen LogP contribution in [-0.2, 0) is 4.84 Å². The summed E-state index contributed by atoms with van der Waals surface area (Å²) >= 11 is 0. The molecule has 6 heteroatoms. The van der Waals surface area contributed by atoms with Gasteiger partial charge < -0.3 is 15.1 Å². The number of hydrogen-bond acceptors (Lipinski definition) is 5. The Morgan fingerprint density at radius 2 is 1.91 bits per heavy atom. The van der Waals surface area contributed by atoms with Crippen molar-refractivity contribution >= 4 is 5.71 Å². The number of halogens is 1. The number of aromatic hydroxyl groups is 2. The van der Waals surface area contributed by atoms with Crippen LogP contribution >= 0.6 is 0 Å². The fourth-order valence-corrected chi connectivity index (χ4v) is 1.84. The first-order valence-electron chi connectivity index (χ1n) is 7.09. The maximum absolute atomic E-state index is 13.6. The van der Waals surface area contributed by atoms with Crippen LogP contribution < -0.4 is 0 Å². The Hall–Kier alpha value is -2.63. The van der Waals surface area contributed by atoms with Gasteiger partial charge in [-0.25, -0.2) is 4.39 Å². The predicted molar refractivity (Wildman–Crippen MR) is 85.2 cm³/mol. The third-order valence-corrected chi connectivity index (χ3v) is 2.95. The number of oxime groups is 1. The summed E-state index contributed by atoms with van der Waals surface area (Å²) in [6.07, 6.45) is 1.48. The Balaban J connectivity index is 2.64. The van der Waals surface area contributed by atoms with Gasteiger partial charge in [-0.2, -0.15) is 0 Å². The molecule has 1 heterocycles. The van der Waals surface area contributed by atoms with Crippen LogP contribution in [-0.4, -0.2) is 26.5 Å². The zero-order chi connectivity index (χ0) is 17.2. The van der Waals surface area contributed by atoms with E-state index in [0.717, 1.165) is 6.07 Å². The molecule has 0 saturated carbocycles. The highest BCUT2D eigenvalue weighted by Crippen LogP contribution is 2.27. The van der Waals surface area contributed by atoms with Gasteiger partial charge in [0, 0.05) is 17.8 Å². The Bertz CT molecular complexity index is 752. The summed E-state index contributed by atoms with van der Waals surface area (Å²) in [5.41, 5.74) is 0.232. The largest absolute Gasteiger partial charge is 0.507 e. The zero-order valence-electron chi connectivity index (χ0n) is 13.5. The van der Waals surface area contributed by atoms with Gasteiger partial charge in [-0.15, -0.1) is 0 Å². The summed E-state index contributed by atoms with van der Waals surface area (Å²) < 4.78 is 13.6. The lowest BCUT2D eigenvalue weighted by atomic mass is 10.0. The van der Waals surface area contributed by atoms with E-state index in [0.29, 0.717) is 5.56 Å². The number of pyridine rings is 1. The van der Waals surface area contributed by atoms with E-state index >= 15 is 0 Å². The monoisotopic (exact) mass is 318 g/mol. The average molecular weight is 318 g/mol. The Morgan fingerprint density at radius 1 is 1.22 bits per heavy atom. The van der Waals surface area contributed by atoms with Gasteiger partial charge in [0.15, 0.2) is 0 Å². The maximum atomic E-state index is 13.6. The normalized spacial score (nSPS) is 12.3. The van der Waals surface area contributed by atoms with Crippen molar-refractivity contribution in [1.29, 1.82) is 0 Å². The molecule has 0 aliphatic heterocycles. The minimum Gasteiger partial charge on any atom is -0.507 e. The first-order valence-corrected chi connectivity index (χ1v) is 7.09. The predicted octanol–water partition coefficient (Wildman–Crippen LogP) is 3.51. The minimum atomic E-state index is -0.583. The molecular formula is C17H19FN2O3. The fourth-order valence-electron chi connectivity index (χ4n) is 1.84. The molecule has 2 aromatic rings. The molecule has 23 heavy (non-hydrogen) atoms. The van der Waals surface area contributed by atoms with Crippen molar-refractivity contribution < 1.29 is 19.4 Å². The van der Waals surface area contributed by atoms with Crippen molar-refractivity contribution in [1.82, 2.24) is 4.98 Å². The molecule has 0 atom stereocenters. The van der Waals surface area contributed by atoms with Gasteiger partial charge in [0.05, 0.1) is 0 Å². The summed E-state index contributed by atoms with van der Waals surface area (Å²) in [5, 5.41) is 24.2. The highest BCUT2D eigenvalue weighted by atomic mass is 19.1. The van der Waals surface area contributed by atoms with Crippen LogP contribution in [0.5, 0.6) is 11.5 Å². The number of benzene rings is 1. The second-order valence-corrected chi connectivity index (χ2v) is 6.13. The van der Waals surface area contributed by atoms with Crippen LogP contribution in [0.1, 0.15) is 37.6 Å². The summed E-state index contributed by atoms with van der Waals surface area (Å²) in [4.78, 5) is 9.50. The van der Waals surface area contributed by atoms with E-state index in [4.69, 9.17) is 4.84 Å². The minimum absolute atomic E-state index is 0.120. The van der Waals surface area contributed by atoms with Crippen LogP contribution in [0, 0.1) is 12.7 Å². The first kappa shape index (κ1) is 16.7. The summed E-state index contributed by atoms with van der Waals surface area (Å²) in [6, 6.07) is 5.44. The van der Waals surface area contributed by atoms with E-state index in [-0.39, 0.29) is 28.5 Å². The van der Waals surface area contributed by atoms with Crippen molar-refractivity contribution in [2.24, 2.45) is 5.16 Å². The van der Waals surface area contributed by atoms with E-state index in [2.05, 4.69) is 10.1 Å². The number of aryl methyl sites for hydroxylation is 1. The van der Waals surface area contributed by atoms with E-state index in [9.17, 15) is 14.6 Å². The molecular weight excluding hydrogens is 299 g/mol. The van der Waals surface area contributed by atoms with E-state index in [1.54, 1.807) is 13.0 Å². The molecule has 5 nitrogen and oxygen atoms in total. The lowest BCUT2D eigenvalue weighted by Gasteiger charge is -2.18. The molecule has 122 valence electrons. The summed E-state index contributed by atoms with van der Waals surface area (Å²) in [6.45, 7) is 6.99. The van der Waals surface area contributed by atoms with E-state index < -0.39 is 11.4 Å². The molecule has 0 amide bonds. The number of phenols is 1. The highest BCUT2D eigenvalue weighted by molar-refractivity contribution is 6.14. The second kappa shape index (κ2) is 6.24. The zero-order valence-corrected chi connectivity index (χ0v) is 13.5. The van der Waals surface area contributed by atoms with Gasteiger partial charge >= 0.3 is 0 Å². The smallest absolute Gasteiger partial charge is 0.143 e. The number of rotatable bonds is 3. The molecule has 1 aromatic carbocycles. The third kappa shape index (κ3) is 3.97. The molecule has 0 aliphatic rings. The first-order chi connectivity index (χ1) is 10.7. The van der Waals surface area contributed by atoms with Crippen LogP contribution in [0.3, 0.4) is 0 Å². The van der Waals surface area contributed by atoms with Crippen LogP contribution in [0.4, 0.5) is 4.39 Å². The molecule has 0 saturated heterocycles. The van der Waals surface area contributed by atoms with Gasteiger partial charge in [0.2, 0.25) is 0 Å². The Morgan fingerprint density at radius 3 is 2.52 bits per heavy atom. The molecule has 2 N–H and O–H groups in total. The van der Waals surface area contributed by atoms with Crippen LogP contribution in [0.15, 0.2) is 35.6 Å². The SMILES string of the molecule is Cc1cc(/C(=N/OC(C)(C)C)c2ncccc2O)c(O)cc1F. The maximum Gasteiger partial charge on any atom is 0.143 e. The van der Waals surface area contributed by atoms with Crippen molar-refractivity contribution in [3.63, 3.8) is 0 Å². The fraction of sp³-hybridized carbons (Fsp3) is 0.294. The quantitative estimate of drug-likeness (QED) is 0.671. The van der Waals surface area contributed by atoms with Gasteiger partial charge in [0.1, 0.15) is 34.3 Å². The molecule has 0 fully saturated rings. The molecule has 0 aliphatic carbocycles. The molecule has 1 aromatic heterocycles. The van der Waals surface area contributed by atoms with Crippen LogP contribution in [0.2, 0.25) is 0 Å². The van der Waals surface area contributed by atoms with E-state index in [1.807, 2.05) is 20.8 Å². The highest BCUT2D eigenvalue weighted by Gasteiger charge is 2.21. The summed E-state index contributed by atoms with van der Waals surface area (Å²) in [5.74, 6) is -0.966. The van der Waals surface area contributed by atoms with Gasteiger partial charge in [-0.1, -0.05) is 5.16 Å². The van der Waals surface area contributed by atoms with Crippen LogP contribution in [0.25, 0.3) is 0 Å². The molecule has 0 radical (unpaired) electrons. The van der Waals surface area contributed by atoms with Gasteiger partial charge in [-0.05, 0) is 51.5 Å². The van der Waals surface area contributed by atoms with Gasteiger partial charge in [-0.3, -0.25) is 4.98 Å². The lowest BCUT2D eigenvalue weighted by Crippen LogP contribution is -2.18. The summed E-state index contributed by atoms with van der Waals surface area (Å²) in [7, 11) is 0. The molecule has 0 bridgehead atoms.